The first kappa shape index (κ1) is 14.3. The van der Waals surface area contributed by atoms with Crippen LogP contribution in [0.25, 0.3) is 0 Å². The smallest absolute Gasteiger partial charge is 0.260 e. The zero-order valence-corrected chi connectivity index (χ0v) is 11.4. The molecule has 7 heteroatoms. The Morgan fingerprint density at radius 1 is 1.47 bits per heavy atom. The summed E-state index contributed by atoms with van der Waals surface area (Å²) in [6.07, 6.45) is 1.37. The van der Waals surface area contributed by atoms with Crippen LogP contribution >= 0.6 is 0 Å². The van der Waals surface area contributed by atoms with Gasteiger partial charge < -0.3 is 0 Å². The van der Waals surface area contributed by atoms with E-state index in [2.05, 4.69) is 4.98 Å². The molecular weight excluding hydrogens is 274 g/mol. The first-order valence-corrected chi connectivity index (χ1v) is 7.92. The third-order valence-corrected chi connectivity index (χ3v) is 4.62. The molecule has 19 heavy (non-hydrogen) atoms. The molecule has 0 saturated carbocycles. The van der Waals surface area contributed by atoms with Crippen LogP contribution in [0, 0.1) is 0 Å². The molecule has 2 rings (SSSR count). The van der Waals surface area contributed by atoms with Crippen molar-refractivity contribution >= 4 is 10.0 Å². The molecule has 0 aliphatic carbocycles. The number of alkyl halides is 2. The lowest BCUT2D eigenvalue weighted by atomic mass is 9.93. The van der Waals surface area contributed by atoms with Crippen LogP contribution in [0.4, 0.5) is 8.78 Å². The number of rotatable bonds is 3. The number of nitrogens with zero attached hydrogens (tertiary/aromatic N) is 2. The van der Waals surface area contributed by atoms with E-state index in [1.807, 2.05) is 0 Å². The van der Waals surface area contributed by atoms with Gasteiger partial charge in [-0.2, -0.15) is 0 Å². The van der Waals surface area contributed by atoms with Crippen molar-refractivity contribution in [2.24, 2.45) is 0 Å². The fourth-order valence-corrected chi connectivity index (χ4v) is 3.33. The highest BCUT2D eigenvalue weighted by Gasteiger charge is 2.30. The molecule has 1 aliphatic heterocycles. The van der Waals surface area contributed by atoms with Crippen LogP contribution in [0.5, 0.6) is 0 Å². The fraction of sp³-hybridized carbons (Fsp3) is 0.583. The van der Waals surface area contributed by atoms with Gasteiger partial charge in [0.25, 0.3) is 6.43 Å². The lowest BCUT2D eigenvalue weighted by Gasteiger charge is -2.31. The molecule has 0 N–H and O–H groups in total. The molecule has 2 heterocycles. The van der Waals surface area contributed by atoms with Crippen LogP contribution in [0.1, 0.15) is 36.4 Å². The molecule has 4 nitrogen and oxygen atoms in total. The monoisotopic (exact) mass is 290 g/mol. The quantitative estimate of drug-likeness (QED) is 0.857. The van der Waals surface area contributed by atoms with E-state index in [9.17, 15) is 17.2 Å². The second-order valence-corrected chi connectivity index (χ2v) is 6.72. The van der Waals surface area contributed by atoms with Crippen molar-refractivity contribution in [2.45, 2.75) is 25.2 Å². The van der Waals surface area contributed by atoms with Crippen molar-refractivity contribution in [2.75, 3.05) is 19.3 Å². The van der Waals surface area contributed by atoms with E-state index in [-0.39, 0.29) is 18.0 Å². The minimum Gasteiger partial charge on any atom is -0.260 e. The Labute approximate surface area is 111 Å². The van der Waals surface area contributed by atoms with Gasteiger partial charge in [0.2, 0.25) is 10.0 Å². The number of pyridine rings is 1. The predicted molar refractivity (Wildman–Crippen MR) is 67.6 cm³/mol. The van der Waals surface area contributed by atoms with Crippen molar-refractivity contribution < 1.29 is 17.2 Å². The third kappa shape index (κ3) is 3.27. The van der Waals surface area contributed by atoms with Crippen LogP contribution < -0.4 is 0 Å². The Balaban J connectivity index is 2.27. The molecule has 1 atom stereocenters. The first-order valence-electron chi connectivity index (χ1n) is 6.07. The van der Waals surface area contributed by atoms with Crippen molar-refractivity contribution in [1.82, 2.24) is 9.29 Å². The summed E-state index contributed by atoms with van der Waals surface area (Å²) in [5, 5.41) is 0. The first-order chi connectivity index (χ1) is 8.89. The van der Waals surface area contributed by atoms with Gasteiger partial charge in [-0.15, -0.1) is 0 Å². The summed E-state index contributed by atoms with van der Waals surface area (Å²) in [7, 11) is -3.28. The van der Waals surface area contributed by atoms with Gasteiger partial charge in [-0.3, -0.25) is 4.98 Å². The Morgan fingerprint density at radius 2 is 2.21 bits per heavy atom. The third-order valence-electron chi connectivity index (χ3n) is 3.35. The average Bonchev–Trinajstić information content (AvgIpc) is 2.38. The SMILES string of the molecule is CS(=O)(=O)N1CCCC(c2ncccc2C(F)F)C1. The summed E-state index contributed by atoms with van der Waals surface area (Å²) in [4.78, 5) is 4.04. The number of piperidine rings is 1. The summed E-state index contributed by atoms with van der Waals surface area (Å²) in [6, 6.07) is 2.83. The normalized spacial score (nSPS) is 21.8. The number of hydrogen-bond donors (Lipinski definition) is 0. The Bertz CT molecular complexity index is 548. The number of aromatic nitrogens is 1. The molecule has 1 aliphatic rings. The molecule has 1 fully saturated rings. The molecule has 106 valence electrons. The summed E-state index contributed by atoms with van der Waals surface area (Å²) < 4.78 is 50.3. The van der Waals surface area contributed by atoms with E-state index in [0.29, 0.717) is 25.1 Å². The topological polar surface area (TPSA) is 50.3 Å². The van der Waals surface area contributed by atoms with Gasteiger partial charge >= 0.3 is 0 Å². The minimum atomic E-state index is -3.28. The fourth-order valence-electron chi connectivity index (χ4n) is 2.42. The zero-order chi connectivity index (χ0) is 14.0. The van der Waals surface area contributed by atoms with E-state index >= 15 is 0 Å². The molecule has 0 amide bonds. The van der Waals surface area contributed by atoms with E-state index in [0.717, 1.165) is 6.26 Å². The predicted octanol–water partition coefficient (Wildman–Crippen LogP) is 2.16. The summed E-state index contributed by atoms with van der Waals surface area (Å²) in [6.45, 7) is 0.682. The van der Waals surface area contributed by atoms with Crippen LogP contribution in [0.3, 0.4) is 0 Å². The van der Waals surface area contributed by atoms with Gasteiger partial charge in [0.05, 0.1) is 11.9 Å². The second-order valence-electron chi connectivity index (χ2n) is 4.74. The zero-order valence-electron chi connectivity index (χ0n) is 10.6. The Hall–Kier alpha value is -1.08. The van der Waals surface area contributed by atoms with E-state index in [4.69, 9.17) is 0 Å². The molecule has 0 radical (unpaired) electrons. The molecule has 1 aromatic heterocycles. The maximum Gasteiger partial charge on any atom is 0.265 e. The van der Waals surface area contributed by atoms with Crippen LogP contribution in [0.15, 0.2) is 18.3 Å². The molecule has 0 spiro atoms. The maximum absolute atomic E-state index is 12.9. The van der Waals surface area contributed by atoms with Crippen molar-refractivity contribution in [1.29, 1.82) is 0 Å². The van der Waals surface area contributed by atoms with Crippen LogP contribution in [-0.2, 0) is 10.0 Å². The molecule has 1 unspecified atom stereocenters. The second kappa shape index (κ2) is 5.50. The van der Waals surface area contributed by atoms with Gasteiger partial charge in [-0.25, -0.2) is 21.5 Å². The lowest BCUT2D eigenvalue weighted by Crippen LogP contribution is -2.38. The molecule has 1 saturated heterocycles. The molecule has 0 aromatic carbocycles. The highest BCUT2D eigenvalue weighted by Crippen LogP contribution is 2.32. The summed E-state index contributed by atoms with van der Waals surface area (Å²) in [5.74, 6) is -0.256. The van der Waals surface area contributed by atoms with Gasteiger partial charge in [0.1, 0.15) is 0 Å². The maximum atomic E-state index is 12.9. The van der Waals surface area contributed by atoms with Crippen molar-refractivity contribution in [3.63, 3.8) is 0 Å². The van der Waals surface area contributed by atoms with E-state index < -0.39 is 16.4 Å². The standard InChI is InChI=1S/C12H16F2N2O2S/c1-19(17,18)16-7-3-4-9(8-16)11-10(12(13)14)5-2-6-15-11/h2,5-6,9,12H,3-4,7-8H2,1H3. The Morgan fingerprint density at radius 3 is 2.84 bits per heavy atom. The minimum absolute atomic E-state index is 0.0946. The van der Waals surface area contributed by atoms with E-state index in [1.54, 1.807) is 0 Å². The lowest BCUT2D eigenvalue weighted by molar-refractivity contribution is 0.148. The average molecular weight is 290 g/mol. The highest BCUT2D eigenvalue weighted by atomic mass is 32.2. The molecular formula is C12H16F2N2O2S. The highest BCUT2D eigenvalue weighted by molar-refractivity contribution is 7.88. The van der Waals surface area contributed by atoms with E-state index in [1.165, 1.54) is 22.6 Å². The number of hydrogen-bond acceptors (Lipinski definition) is 3. The largest absolute Gasteiger partial charge is 0.265 e. The van der Waals surface area contributed by atoms with Gasteiger partial charge in [0, 0.05) is 30.8 Å². The van der Waals surface area contributed by atoms with Gasteiger partial charge in [-0.1, -0.05) is 0 Å². The van der Waals surface area contributed by atoms with Crippen LogP contribution in [-0.4, -0.2) is 37.1 Å². The Kier molecular flexibility index (Phi) is 4.15. The van der Waals surface area contributed by atoms with Gasteiger partial charge in [0.15, 0.2) is 0 Å². The van der Waals surface area contributed by atoms with Crippen molar-refractivity contribution in [3.8, 4) is 0 Å². The molecule has 0 bridgehead atoms. The van der Waals surface area contributed by atoms with Crippen molar-refractivity contribution in [3.05, 3.63) is 29.6 Å². The molecule has 1 aromatic rings. The summed E-state index contributed by atoms with van der Waals surface area (Å²) in [5.41, 5.74) is 0.230. The van der Waals surface area contributed by atoms with Crippen LogP contribution in [0.2, 0.25) is 0 Å². The number of sulfonamides is 1. The summed E-state index contributed by atoms with van der Waals surface area (Å²) >= 11 is 0. The van der Waals surface area contributed by atoms with Gasteiger partial charge in [-0.05, 0) is 25.0 Å². The number of halogens is 2.